The van der Waals surface area contributed by atoms with Crippen LogP contribution in [-0.4, -0.2) is 0 Å². The van der Waals surface area contributed by atoms with Crippen molar-refractivity contribution in [2.75, 3.05) is 0 Å². The van der Waals surface area contributed by atoms with Gasteiger partial charge in [-0.3, -0.25) is 0 Å². The largest absolute Gasteiger partial charge is 0.405 e. The van der Waals surface area contributed by atoms with Gasteiger partial charge in [0.05, 0.1) is 5.41 Å². The third-order valence-corrected chi connectivity index (χ3v) is 11.6. The zero-order valence-corrected chi connectivity index (χ0v) is 37.1. The Morgan fingerprint density at radius 2 is 1.16 bits per heavy atom. The van der Waals surface area contributed by atoms with E-state index in [1.165, 1.54) is 73.0 Å². The number of nitrogens with two attached hydrogens (primary N) is 1. The van der Waals surface area contributed by atoms with Crippen molar-refractivity contribution in [1.82, 2.24) is 0 Å². The summed E-state index contributed by atoms with van der Waals surface area (Å²) in [5.74, 6) is 0. The van der Waals surface area contributed by atoms with E-state index in [-0.39, 0.29) is 10.8 Å². The van der Waals surface area contributed by atoms with E-state index >= 15 is 0 Å². The number of rotatable bonds is 9. The Labute approximate surface area is 367 Å². The van der Waals surface area contributed by atoms with Crippen LogP contribution < -0.4 is 5.73 Å². The number of aryl methyl sites for hydroxylation is 2. The first-order valence-corrected chi connectivity index (χ1v) is 21.7. The average molecular weight is 798 g/mol. The van der Waals surface area contributed by atoms with Crippen LogP contribution in [0.1, 0.15) is 79.1 Å². The maximum absolute atomic E-state index is 5.44. The molecule has 4 aromatic rings. The van der Waals surface area contributed by atoms with Crippen LogP contribution in [0.3, 0.4) is 0 Å². The van der Waals surface area contributed by atoms with Gasteiger partial charge in [0.15, 0.2) is 0 Å². The van der Waals surface area contributed by atoms with Crippen molar-refractivity contribution in [3.63, 3.8) is 0 Å². The molecule has 61 heavy (non-hydrogen) atoms. The predicted molar refractivity (Wildman–Crippen MR) is 268 cm³/mol. The molecule has 0 fully saturated rings. The lowest BCUT2D eigenvalue weighted by Crippen LogP contribution is -2.32. The standard InChI is InChI=1S/C56H53N.C2H6.C2H4/c1-5-44-29-18-22-35-50(44)56(41-45-30-17-15-26-42(45)2)52-37-14-11-12-27-43(28-16-19-33-47(52)48-34-21-24-38-53(48)56)40-54-49(31-13-9-7-6-8-10-25-39-57)46-32-20-23-36-51(46)55(54,3)4;2*1-2/h6-40H,5,41,57H2,1-4H3;1-2H3;1-2H2/b7-6-,10-8-,12-11+,13-9+,14-11?,19-16?,27-12?,28-16-,33-19-,37-14+,39-25+,43-27+,43-28?,47-33?,49-31-,52-37?,54-40+;;. The maximum atomic E-state index is 5.44. The highest BCUT2D eigenvalue weighted by Crippen LogP contribution is 2.55. The van der Waals surface area contributed by atoms with Crippen molar-refractivity contribution in [3.8, 4) is 0 Å². The van der Waals surface area contributed by atoms with Crippen molar-refractivity contribution in [2.45, 2.75) is 65.2 Å². The highest BCUT2D eigenvalue weighted by Gasteiger charge is 2.46. The molecule has 0 bridgehead atoms. The topological polar surface area (TPSA) is 26.0 Å². The molecule has 3 aliphatic rings. The van der Waals surface area contributed by atoms with Crippen LogP contribution in [0.15, 0.2) is 243 Å². The summed E-state index contributed by atoms with van der Waals surface area (Å²) in [5, 5.41) is 0. The summed E-state index contributed by atoms with van der Waals surface area (Å²) in [6.45, 7) is 19.2. The Hall–Kier alpha value is -6.70. The third-order valence-electron chi connectivity index (χ3n) is 11.6. The van der Waals surface area contributed by atoms with Gasteiger partial charge >= 0.3 is 0 Å². The summed E-state index contributed by atoms with van der Waals surface area (Å²) in [6.07, 6.45) is 42.2. The zero-order chi connectivity index (χ0) is 43.7. The second-order valence-corrected chi connectivity index (χ2v) is 15.4. The molecule has 0 radical (unpaired) electrons. The molecule has 0 spiro atoms. The monoisotopic (exact) mass is 797 g/mol. The van der Waals surface area contributed by atoms with E-state index in [1.807, 2.05) is 44.2 Å². The smallest absolute Gasteiger partial charge is 0.0506 e. The highest BCUT2D eigenvalue weighted by molar-refractivity contribution is 5.92. The summed E-state index contributed by atoms with van der Waals surface area (Å²) < 4.78 is 0. The van der Waals surface area contributed by atoms with Gasteiger partial charge in [-0.25, -0.2) is 0 Å². The molecule has 4 aromatic carbocycles. The van der Waals surface area contributed by atoms with Crippen LogP contribution in [-0.2, 0) is 23.7 Å². The molecule has 0 saturated carbocycles. The van der Waals surface area contributed by atoms with E-state index < -0.39 is 0 Å². The van der Waals surface area contributed by atoms with Gasteiger partial charge < -0.3 is 5.73 Å². The van der Waals surface area contributed by atoms with Crippen molar-refractivity contribution in [3.05, 3.63) is 287 Å². The lowest BCUT2D eigenvalue weighted by atomic mass is 9.65. The summed E-state index contributed by atoms with van der Waals surface area (Å²) in [4.78, 5) is 0. The molecular weight excluding hydrogens is 735 g/mol. The summed E-state index contributed by atoms with van der Waals surface area (Å²) in [7, 11) is 0. The van der Waals surface area contributed by atoms with Crippen LogP contribution >= 0.6 is 0 Å². The number of benzene rings is 4. The molecule has 0 amide bonds. The van der Waals surface area contributed by atoms with Crippen LogP contribution in [0, 0.1) is 6.92 Å². The summed E-state index contributed by atoms with van der Waals surface area (Å²) in [5.41, 5.74) is 22.0. The lowest BCUT2D eigenvalue weighted by molar-refractivity contribution is 0.615. The first kappa shape index (κ1) is 45.4. The van der Waals surface area contributed by atoms with Crippen LogP contribution in [0.25, 0.3) is 11.1 Å². The molecule has 1 atom stereocenters. The second kappa shape index (κ2) is 22.1. The van der Waals surface area contributed by atoms with Gasteiger partial charge in [-0.1, -0.05) is 235 Å². The van der Waals surface area contributed by atoms with Gasteiger partial charge in [-0.15, -0.1) is 13.2 Å². The number of allylic oxidation sites excluding steroid dienone is 23. The minimum absolute atomic E-state index is 0.163. The SMILES string of the molecule is C=C.CC.CCc1ccccc1C1(Cc2ccccc2C)C2=C(/C=C\C=C/C(/C=C3\C(=C/C=C/C=C\C=C/C=C/N)c4ccccc4C3(C)C)=C\C=C\C=C\2)c2ccccc21. The molecule has 1 unspecified atom stereocenters. The molecule has 308 valence electrons. The van der Waals surface area contributed by atoms with Crippen molar-refractivity contribution < 1.29 is 0 Å². The molecule has 7 rings (SSSR count). The van der Waals surface area contributed by atoms with Crippen LogP contribution in [0.5, 0.6) is 0 Å². The molecule has 0 aromatic heterocycles. The van der Waals surface area contributed by atoms with E-state index in [4.69, 9.17) is 5.73 Å². The maximum Gasteiger partial charge on any atom is 0.0506 e. The first-order valence-electron chi connectivity index (χ1n) is 21.7. The fraction of sp³-hybridized carbons (Fsp3) is 0.167. The Morgan fingerprint density at radius 1 is 0.590 bits per heavy atom. The normalized spacial score (nSPS) is 22.0. The number of hydrogen-bond donors (Lipinski definition) is 1. The van der Waals surface area contributed by atoms with Gasteiger partial charge in [-0.05, 0) is 104 Å². The van der Waals surface area contributed by atoms with Gasteiger partial charge in [0.1, 0.15) is 0 Å². The Morgan fingerprint density at radius 3 is 1.87 bits per heavy atom. The van der Waals surface area contributed by atoms with Gasteiger partial charge in [0.2, 0.25) is 0 Å². The van der Waals surface area contributed by atoms with E-state index in [0.29, 0.717) is 0 Å². The molecular formula is C60H63N. The van der Waals surface area contributed by atoms with Gasteiger partial charge in [-0.2, -0.15) is 0 Å². The highest BCUT2D eigenvalue weighted by atomic mass is 14.5. The van der Waals surface area contributed by atoms with Gasteiger partial charge in [0.25, 0.3) is 0 Å². The molecule has 0 saturated heterocycles. The fourth-order valence-electron chi connectivity index (χ4n) is 8.82. The fourth-order valence-corrected chi connectivity index (χ4v) is 8.82. The van der Waals surface area contributed by atoms with E-state index in [9.17, 15) is 0 Å². The molecule has 3 aliphatic carbocycles. The lowest BCUT2D eigenvalue weighted by Gasteiger charge is -2.36. The zero-order valence-electron chi connectivity index (χ0n) is 37.1. The molecule has 0 heterocycles. The third kappa shape index (κ3) is 9.86. The molecule has 1 nitrogen and oxygen atoms in total. The van der Waals surface area contributed by atoms with Gasteiger partial charge in [0, 0.05) is 5.41 Å². The quantitative estimate of drug-likeness (QED) is 0.132. The predicted octanol–water partition coefficient (Wildman–Crippen LogP) is 15.3. The summed E-state index contributed by atoms with van der Waals surface area (Å²) in [6, 6.07) is 35.8. The van der Waals surface area contributed by atoms with Crippen molar-refractivity contribution in [2.24, 2.45) is 5.73 Å². The number of hydrogen-bond acceptors (Lipinski definition) is 1. The van der Waals surface area contributed by atoms with E-state index in [0.717, 1.165) is 18.4 Å². The Bertz CT molecular complexity index is 2520. The average Bonchev–Trinajstić information content (AvgIpc) is 3.67. The summed E-state index contributed by atoms with van der Waals surface area (Å²) >= 11 is 0. The Balaban J connectivity index is 0.00000171. The van der Waals surface area contributed by atoms with Crippen molar-refractivity contribution in [1.29, 1.82) is 0 Å². The number of fused-ring (bicyclic) bond motifs is 3. The second-order valence-electron chi connectivity index (χ2n) is 15.4. The Kier molecular flexibility index (Phi) is 16.4. The van der Waals surface area contributed by atoms with Crippen LogP contribution in [0.2, 0.25) is 0 Å². The molecule has 1 heteroatoms. The molecule has 2 N–H and O–H groups in total. The van der Waals surface area contributed by atoms with E-state index in [2.05, 4.69) is 217 Å². The minimum atomic E-state index is -0.354. The minimum Gasteiger partial charge on any atom is -0.405 e. The van der Waals surface area contributed by atoms with Crippen LogP contribution in [0.4, 0.5) is 0 Å². The van der Waals surface area contributed by atoms with E-state index in [1.54, 1.807) is 0 Å². The first-order chi connectivity index (χ1) is 29.9. The molecule has 0 aliphatic heterocycles. The van der Waals surface area contributed by atoms with Crippen molar-refractivity contribution >= 4 is 11.1 Å².